The normalized spacial score (nSPS) is 11.8. The zero-order valence-electron chi connectivity index (χ0n) is 16.8. The van der Waals surface area contributed by atoms with Gasteiger partial charge in [-0.1, -0.05) is 36.4 Å². The number of hydrogen-bond acceptors (Lipinski definition) is 3. The van der Waals surface area contributed by atoms with Gasteiger partial charge >= 0.3 is 6.18 Å². The van der Waals surface area contributed by atoms with E-state index in [-0.39, 0.29) is 12.5 Å². The summed E-state index contributed by atoms with van der Waals surface area (Å²) >= 11 is 0. The highest BCUT2D eigenvalue weighted by Crippen LogP contribution is 2.15. The molecule has 6 nitrogen and oxygen atoms in total. The van der Waals surface area contributed by atoms with Crippen LogP contribution in [0.5, 0.6) is 0 Å². The van der Waals surface area contributed by atoms with Crippen molar-refractivity contribution >= 4 is 11.9 Å². The Labute approximate surface area is 173 Å². The number of alkyl halides is 3. The molecule has 0 unspecified atom stereocenters. The van der Waals surface area contributed by atoms with Gasteiger partial charge in [-0.15, -0.1) is 0 Å². The maximum absolute atomic E-state index is 12.1. The molecule has 0 fully saturated rings. The summed E-state index contributed by atoms with van der Waals surface area (Å²) in [6.07, 6.45) is -4.32. The van der Waals surface area contributed by atoms with Crippen molar-refractivity contribution in [2.75, 3.05) is 20.7 Å². The fourth-order valence-corrected chi connectivity index (χ4v) is 2.55. The Morgan fingerprint density at radius 1 is 0.933 bits per heavy atom. The topological polar surface area (TPSA) is 74.8 Å². The predicted molar refractivity (Wildman–Crippen MR) is 109 cm³/mol. The van der Waals surface area contributed by atoms with Crippen LogP contribution in [0.4, 0.5) is 13.2 Å². The van der Waals surface area contributed by atoms with Crippen molar-refractivity contribution < 1.29 is 22.7 Å². The fraction of sp³-hybridized carbons (Fsp3) is 0.333. The largest absolute Gasteiger partial charge is 0.411 e. The van der Waals surface area contributed by atoms with Crippen molar-refractivity contribution in [3.05, 3.63) is 70.8 Å². The van der Waals surface area contributed by atoms with Crippen molar-refractivity contribution in [2.45, 2.75) is 25.9 Å². The Bertz CT molecular complexity index is 835. The molecule has 0 saturated carbocycles. The van der Waals surface area contributed by atoms with Gasteiger partial charge in [-0.2, -0.15) is 13.2 Å². The van der Waals surface area contributed by atoms with Crippen LogP contribution < -0.4 is 16.0 Å². The number of guanidine groups is 1. The van der Waals surface area contributed by atoms with Crippen molar-refractivity contribution in [2.24, 2.45) is 4.99 Å². The minimum absolute atomic E-state index is 0.0881. The Hall–Kier alpha value is -3.07. The maximum Gasteiger partial charge on any atom is 0.411 e. The van der Waals surface area contributed by atoms with Crippen LogP contribution >= 0.6 is 0 Å². The van der Waals surface area contributed by atoms with E-state index in [0.717, 1.165) is 11.1 Å². The number of benzene rings is 2. The summed E-state index contributed by atoms with van der Waals surface area (Å²) in [5, 5.41) is 8.93. The van der Waals surface area contributed by atoms with Crippen LogP contribution in [-0.2, 0) is 24.4 Å². The van der Waals surface area contributed by atoms with Gasteiger partial charge in [-0.3, -0.25) is 9.79 Å². The van der Waals surface area contributed by atoms with Crippen molar-refractivity contribution in [3.63, 3.8) is 0 Å². The lowest BCUT2D eigenvalue weighted by Crippen LogP contribution is -2.36. The SMILES string of the molecule is CN=C(NCc1ccc(COCC(F)(F)F)cc1)NCc1ccc(C(=O)NC)cc1. The lowest BCUT2D eigenvalue weighted by Gasteiger charge is -2.13. The molecule has 30 heavy (non-hydrogen) atoms. The molecular weight excluding hydrogens is 397 g/mol. The van der Waals surface area contributed by atoms with Crippen molar-refractivity contribution in [1.29, 1.82) is 0 Å². The first-order valence-electron chi connectivity index (χ1n) is 9.28. The molecule has 0 heterocycles. The average molecular weight is 422 g/mol. The molecular formula is C21H25F3N4O2. The van der Waals surface area contributed by atoms with Gasteiger partial charge in [0.25, 0.3) is 5.91 Å². The number of nitrogens with zero attached hydrogens (tertiary/aromatic N) is 1. The molecule has 0 aliphatic rings. The number of hydrogen-bond donors (Lipinski definition) is 3. The Balaban J connectivity index is 1.77. The molecule has 2 rings (SSSR count). The lowest BCUT2D eigenvalue weighted by atomic mass is 10.1. The van der Waals surface area contributed by atoms with Crippen LogP contribution in [0, 0.1) is 0 Å². The third-order valence-corrected chi connectivity index (χ3v) is 4.14. The molecule has 0 radical (unpaired) electrons. The molecule has 2 aromatic carbocycles. The molecule has 0 bridgehead atoms. The summed E-state index contributed by atoms with van der Waals surface area (Å²) in [6.45, 7) is -0.315. The number of rotatable bonds is 8. The van der Waals surface area contributed by atoms with Crippen LogP contribution in [0.3, 0.4) is 0 Å². The second-order valence-corrected chi connectivity index (χ2v) is 6.48. The molecule has 0 atom stereocenters. The van der Waals surface area contributed by atoms with E-state index in [0.29, 0.717) is 30.2 Å². The van der Waals surface area contributed by atoms with Gasteiger partial charge in [0.1, 0.15) is 6.61 Å². The first-order valence-corrected chi connectivity index (χ1v) is 9.28. The van der Waals surface area contributed by atoms with E-state index in [4.69, 9.17) is 0 Å². The molecule has 0 aliphatic heterocycles. The lowest BCUT2D eigenvalue weighted by molar-refractivity contribution is -0.176. The molecule has 9 heteroatoms. The van der Waals surface area contributed by atoms with Crippen molar-refractivity contribution in [1.82, 2.24) is 16.0 Å². The molecule has 0 spiro atoms. The average Bonchev–Trinajstić information content (AvgIpc) is 2.74. The number of carbonyl (C=O) groups excluding carboxylic acids is 1. The third-order valence-electron chi connectivity index (χ3n) is 4.14. The standard InChI is InChI=1S/C21H25F3N4O2/c1-25-19(29)18-9-7-16(8-10-18)12-28-20(26-2)27-11-15-3-5-17(6-4-15)13-30-14-21(22,23)24/h3-10H,11-14H2,1-2H3,(H,25,29)(H2,26,27,28). The van der Waals surface area contributed by atoms with E-state index in [1.165, 1.54) is 0 Å². The minimum atomic E-state index is -4.32. The summed E-state index contributed by atoms with van der Waals surface area (Å²) in [4.78, 5) is 15.7. The van der Waals surface area contributed by atoms with Crippen molar-refractivity contribution in [3.8, 4) is 0 Å². The number of ether oxygens (including phenoxy) is 1. The number of aliphatic imine (C=N–C) groups is 1. The molecule has 0 aliphatic carbocycles. The molecule has 3 N–H and O–H groups in total. The van der Waals surface area contributed by atoms with E-state index in [1.807, 2.05) is 24.3 Å². The van der Waals surface area contributed by atoms with E-state index in [1.54, 1.807) is 38.4 Å². The van der Waals surface area contributed by atoms with Gasteiger partial charge in [-0.25, -0.2) is 0 Å². The smallest absolute Gasteiger partial charge is 0.367 e. The highest BCUT2D eigenvalue weighted by Gasteiger charge is 2.27. The van der Waals surface area contributed by atoms with E-state index < -0.39 is 12.8 Å². The van der Waals surface area contributed by atoms with Gasteiger partial charge in [0.2, 0.25) is 0 Å². The van der Waals surface area contributed by atoms with Gasteiger partial charge < -0.3 is 20.7 Å². The van der Waals surface area contributed by atoms with E-state index >= 15 is 0 Å². The number of nitrogens with one attached hydrogen (secondary N) is 3. The zero-order chi connectivity index (χ0) is 22.0. The maximum atomic E-state index is 12.1. The second kappa shape index (κ2) is 11.2. The monoisotopic (exact) mass is 422 g/mol. The highest BCUT2D eigenvalue weighted by molar-refractivity contribution is 5.93. The van der Waals surface area contributed by atoms with Crippen LogP contribution in [0.1, 0.15) is 27.0 Å². The Kier molecular flexibility index (Phi) is 8.67. The van der Waals surface area contributed by atoms with Gasteiger partial charge in [0.15, 0.2) is 5.96 Å². The molecule has 1 amide bonds. The first kappa shape index (κ1) is 23.2. The highest BCUT2D eigenvalue weighted by atomic mass is 19.4. The third kappa shape index (κ3) is 8.12. The second-order valence-electron chi connectivity index (χ2n) is 6.48. The molecule has 2 aromatic rings. The molecule has 0 saturated heterocycles. The minimum Gasteiger partial charge on any atom is -0.367 e. The summed E-state index contributed by atoms with van der Waals surface area (Å²) in [6, 6.07) is 14.4. The fourth-order valence-electron chi connectivity index (χ4n) is 2.55. The summed E-state index contributed by atoms with van der Waals surface area (Å²) in [5.74, 6) is 0.466. The predicted octanol–water partition coefficient (Wildman–Crippen LogP) is 2.99. The number of halogens is 3. The quantitative estimate of drug-likeness (QED) is 0.452. The summed E-state index contributed by atoms with van der Waals surface area (Å²) < 4.78 is 41.0. The van der Waals surface area contributed by atoms with Crippen LogP contribution in [-0.4, -0.2) is 38.7 Å². The Morgan fingerprint density at radius 3 is 1.90 bits per heavy atom. The van der Waals surface area contributed by atoms with Crippen LogP contribution in [0.15, 0.2) is 53.5 Å². The number of amides is 1. The van der Waals surface area contributed by atoms with Crippen LogP contribution in [0.25, 0.3) is 0 Å². The van der Waals surface area contributed by atoms with Gasteiger partial charge in [0, 0.05) is 32.7 Å². The van der Waals surface area contributed by atoms with E-state index in [2.05, 4.69) is 25.7 Å². The first-order chi connectivity index (χ1) is 14.3. The van der Waals surface area contributed by atoms with Gasteiger partial charge in [0.05, 0.1) is 6.61 Å². The summed E-state index contributed by atoms with van der Waals surface area (Å²) in [5.41, 5.74) is 3.21. The number of carbonyl (C=O) groups is 1. The summed E-state index contributed by atoms with van der Waals surface area (Å²) in [7, 11) is 3.24. The molecule has 162 valence electrons. The van der Waals surface area contributed by atoms with Crippen LogP contribution in [0.2, 0.25) is 0 Å². The van der Waals surface area contributed by atoms with E-state index in [9.17, 15) is 18.0 Å². The Morgan fingerprint density at radius 2 is 1.43 bits per heavy atom. The zero-order valence-corrected chi connectivity index (χ0v) is 16.8. The van der Waals surface area contributed by atoms with Gasteiger partial charge in [-0.05, 0) is 28.8 Å². The molecule has 0 aromatic heterocycles.